The van der Waals surface area contributed by atoms with Crippen LogP contribution in [0.4, 0.5) is 5.69 Å². The second kappa shape index (κ2) is 4.69. The highest BCUT2D eigenvalue weighted by Gasteiger charge is 2.27. The summed E-state index contributed by atoms with van der Waals surface area (Å²) >= 11 is 0. The fraction of sp³-hybridized carbons (Fsp3) is 0.571. The summed E-state index contributed by atoms with van der Waals surface area (Å²) in [5.41, 5.74) is 2.72. The minimum absolute atomic E-state index is 0.641. The lowest BCUT2D eigenvalue weighted by Gasteiger charge is -2.14. The van der Waals surface area contributed by atoms with Crippen LogP contribution in [0.2, 0.25) is 0 Å². The highest BCUT2D eigenvalue weighted by molar-refractivity contribution is 5.45. The molecule has 1 aromatic carbocycles. The Kier molecular flexibility index (Phi) is 3.30. The average Bonchev–Trinajstić information content (AvgIpc) is 3.04. The fourth-order valence-corrected chi connectivity index (χ4v) is 2.03. The van der Waals surface area contributed by atoms with E-state index >= 15 is 0 Å². The predicted octanol–water partition coefficient (Wildman–Crippen LogP) is 3.85. The Labute approximate surface area is 92.9 Å². The molecular weight excluding hydrogens is 182 g/mol. The highest BCUT2D eigenvalue weighted by atomic mass is 14.9. The van der Waals surface area contributed by atoms with Crippen molar-refractivity contribution in [2.24, 2.45) is 5.92 Å². The van der Waals surface area contributed by atoms with Crippen LogP contribution in [-0.2, 0) is 6.42 Å². The molecule has 1 aliphatic carbocycles. The summed E-state index contributed by atoms with van der Waals surface area (Å²) in [4.78, 5) is 0. The lowest BCUT2D eigenvalue weighted by atomic mass is 10.1. The van der Waals surface area contributed by atoms with Crippen LogP contribution in [-0.4, -0.2) is 6.04 Å². The van der Waals surface area contributed by atoms with E-state index in [0.29, 0.717) is 6.04 Å². The zero-order valence-electron chi connectivity index (χ0n) is 9.79. The third-order valence-corrected chi connectivity index (χ3v) is 3.22. The number of benzene rings is 1. The smallest absolute Gasteiger partial charge is 0.0342 e. The third kappa shape index (κ3) is 2.98. The summed E-state index contributed by atoms with van der Waals surface area (Å²) in [5.74, 6) is 0.917. The first-order valence-electron chi connectivity index (χ1n) is 6.15. The van der Waals surface area contributed by atoms with E-state index in [-0.39, 0.29) is 0 Å². The molecule has 0 saturated heterocycles. The molecule has 0 radical (unpaired) electrons. The van der Waals surface area contributed by atoms with Gasteiger partial charge in [-0.1, -0.05) is 25.5 Å². The van der Waals surface area contributed by atoms with Crippen LogP contribution < -0.4 is 5.32 Å². The van der Waals surface area contributed by atoms with Crippen LogP contribution in [0.3, 0.4) is 0 Å². The van der Waals surface area contributed by atoms with E-state index in [9.17, 15) is 0 Å². The average molecular weight is 203 g/mol. The van der Waals surface area contributed by atoms with Gasteiger partial charge < -0.3 is 5.32 Å². The second-order valence-electron chi connectivity index (χ2n) is 4.72. The quantitative estimate of drug-likeness (QED) is 0.766. The van der Waals surface area contributed by atoms with Crippen molar-refractivity contribution in [2.45, 2.75) is 45.6 Å². The van der Waals surface area contributed by atoms with Gasteiger partial charge in [0.05, 0.1) is 0 Å². The maximum absolute atomic E-state index is 3.57. The Morgan fingerprint density at radius 1 is 1.27 bits per heavy atom. The minimum Gasteiger partial charge on any atom is -0.382 e. The zero-order valence-corrected chi connectivity index (χ0v) is 9.79. The molecule has 0 unspecified atom stereocenters. The second-order valence-corrected chi connectivity index (χ2v) is 4.72. The van der Waals surface area contributed by atoms with Gasteiger partial charge in [-0.05, 0) is 49.8 Å². The van der Waals surface area contributed by atoms with Gasteiger partial charge in [0, 0.05) is 11.7 Å². The predicted molar refractivity (Wildman–Crippen MR) is 66.2 cm³/mol. The van der Waals surface area contributed by atoms with Crippen molar-refractivity contribution in [3.8, 4) is 0 Å². The molecule has 1 aromatic rings. The van der Waals surface area contributed by atoms with Crippen LogP contribution in [0, 0.1) is 5.92 Å². The number of hydrogen-bond donors (Lipinski definition) is 1. The van der Waals surface area contributed by atoms with Crippen molar-refractivity contribution < 1.29 is 0 Å². The fourth-order valence-electron chi connectivity index (χ4n) is 2.03. The van der Waals surface area contributed by atoms with Crippen molar-refractivity contribution in [3.05, 3.63) is 29.8 Å². The topological polar surface area (TPSA) is 12.0 Å². The molecule has 15 heavy (non-hydrogen) atoms. The van der Waals surface area contributed by atoms with Gasteiger partial charge in [-0.25, -0.2) is 0 Å². The van der Waals surface area contributed by atoms with Crippen LogP contribution in [0.15, 0.2) is 24.3 Å². The van der Waals surface area contributed by atoms with Gasteiger partial charge in [0.25, 0.3) is 0 Å². The molecular formula is C14H21N. The molecule has 0 spiro atoms. The number of nitrogens with one attached hydrogen (secondary N) is 1. The number of hydrogen-bond acceptors (Lipinski definition) is 1. The van der Waals surface area contributed by atoms with E-state index in [1.807, 2.05) is 0 Å². The van der Waals surface area contributed by atoms with Crippen molar-refractivity contribution in [3.63, 3.8) is 0 Å². The van der Waals surface area contributed by atoms with Crippen molar-refractivity contribution >= 4 is 5.69 Å². The number of anilines is 1. The van der Waals surface area contributed by atoms with E-state index in [1.54, 1.807) is 0 Å². The van der Waals surface area contributed by atoms with Crippen LogP contribution in [0.5, 0.6) is 0 Å². The van der Waals surface area contributed by atoms with Gasteiger partial charge >= 0.3 is 0 Å². The molecule has 1 atom stereocenters. The molecule has 1 saturated carbocycles. The minimum atomic E-state index is 0.641. The van der Waals surface area contributed by atoms with Gasteiger partial charge in [0.2, 0.25) is 0 Å². The summed E-state index contributed by atoms with van der Waals surface area (Å²) in [6.45, 7) is 4.51. The summed E-state index contributed by atoms with van der Waals surface area (Å²) in [7, 11) is 0. The standard InChI is InChI=1S/C14H21N/c1-3-4-12-5-9-14(10-6-12)15-11(2)13-7-8-13/h5-6,9-11,13,15H,3-4,7-8H2,1-2H3/t11-/m1/s1. The molecule has 82 valence electrons. The molecule has 1 nitrogen and oxygen atoms in total. The normalized spacial score (nSPS) is 17.5. The van der Waals surface area contributed by atoms with Gasteiger partial charge in [-0.2, -0.15) is 0 Å². The van der Waals surface area contributed by atoms with Gasteiger partial charge in [-0.3, -0.25) is 0 Å². The lowest BCUT2D eigenvalue weighted by molar-refractivity contribution is 0.694. The first-order chi connectivity index (χ1) is 7.29. The summed E-state index contributed by atoms with van der Waals surface area (Å²) in [6.07, 6.45) is 5.23. The van der Waals surface area contributed by atoms with E-state index in [2.05, 4.69) is 43.4 Å². The largest absolute Gasteiger partial charge is 0.382 e. The maximum Gasteiger partial charge on any atom is 0.0342 e. The van der Waals surface area contributed by atoms with E-state index in [0.717, 1.165) is 5.92 Å². The molecule has 0 bridgehead atoms. The molecule has 0 amide bonds. The van der Waals surface area contributed by atoms with Crippen LogP contribution in [0.1, 0.15) is 38.7 Å². The summed E-state index contributed by atoms with van der Waals surface area (Å²) < 4.78 is 0. The van der Waals surface area contributed by atoms with E-state index in [4.69, 9.17) is 0 Å². The van der Waals surface area contributed by atoms with Crippen molar-refractivity contribution in [2.75, 3.05) is 5.32 Å². The first-order valence-corrected chi connectivity index (χ1v) is 6.15. The Bertz CT molecular complexity index is 298. The summed E-state index contributed by atoms with van der Waals surface area (Å²) in [6, 6.07) is 9.55. The Morgan fingerprint density at radius 3 is 2.47 bits per heavy atom. The van der Waals surface area contributed by atoms with Crippen molar-refractivity contribution in [1.29, 1.82) is 0 Å². The maximum atomic E-state index is 3.57. The zero-order chi connectivity index (χ0) is 10.7. The Hall–Kier alpha value is -0.980. The lowest BCUT2D eigenvalue weighted by Crippen LogP contribution is -2.16. The third-order valence-electron chi connectivity index (χ3n) is 3.22. The molecule has 1 N–H and O–H groups in total. The molecule has 0 aromatic heterocycles. The van der Waals surface area contributed by atoms with Crippen molar-refractivity contribution in [1.82, 2.24) is 0 Å². The number of aryl methyl sites for hydroxylation is 1. The van der Waals surface area contributed by atoms with E-state index < -0.39 is 0 Å². The molecule has 1 heteroatoms. The SMILES string of the molecule is CCCc1ccc(N[C@H](C)C2CC2)cc1. The molecule has 1 fully saturated rings. The van der Waals surface area contributed by atoms with Gasteiger partial charge in [-0.15, -0.1) is 0 Å². The van der Waals surface area contributed by atoms with Gasteiger partial charge in [0.15, 0.2) is 0 Å². The monoisotopic (exact) mass is 203 g/mol. The molecule has 0 aliphatic heterocycles. The molecule has 1 aliphatic rings. The first kappa shape index (κ1) is 10.5. The van der Waals surface area contributed by atoms with Gasteiger partial charge in [0.1, 0.15) is 0 Å². The Morgan fingerprint density at radius 2 is 1.93 bits per heavy atom. The van der Waals surface area contributed by atoms with Crippen LogP contribution in [0.25, 0.3) is 0 Å². The molecule has 0 heterocycles. The summed E-state index contributed by atoms with van der Waals surface area (Å²) in [5, 5.41) is 3.57. The number of rotatable bonds is 5. The molecule has 2 rings (SSSR count). The van der Waals surface area contributed by atoms with E-state index in [1.165, 1.54) is 36.9 Å². The highest BCUT2D eigenvalue weighted by Crippen LogP contribution is 2.33. The van der Waals surface area contributed by atoms with Crippen LogP contribution >= 0.6 is 0 Å². The Balaban J connectivity index is 1.91.